The van der Waals surface area contributed by atoms with Crippen molar-refractivity contribution in [3.05, 3.63) is 24.3 Å². The Morgan fingerprint density at radius 2 is 1.82 bits per heavy atom. The van der Waals surface area contributed by atoms with Crippen molar-refractivity contribution in [3.63, 3.8) is 0 Å². The molecule has 0 spiro atoms. The van der Waals surface area contributed by atoms with Crippen LogP contribution in [-0.4, -0.2) is 70.5 Å². The van der Waals surface area contributed by atoms with Gasteiger partial charge in [0.1, 0.15) is 5.75 Å². The maximum atomic E-state index is 12.4. The molecule has 0 saturated carbocycles. The number of likely N-dealkylation sites (N-methyl/N-ethyl adjacent to an activating group) is 1. The average Bonchev–Trinajstić information content (AvgIpc) is 2.53. The van der Waals surface area contributed by atoms with Crippen LogP contribution in [0.4, 0.5) is 0 Å². The first kappa shape index (κ1) is 16.7. The lowest BCUT2D eigenvalue weighted by Crippen LogP contribution is -2.40. The van der Waals surface area contributed by atoms with E-state index in [0.29, 0.717) is 32.1 Å². The highest BCUT2D eigenvalue weighted by atomic mass is 32.2. The maximum Gasteiger partial charge on any atom is 0.259 e. The van der Waals surface area contributed by atoms with Gasteiger partial charge in [-0.3, -0.25) is 4.79 Å². The van der Waals surface area contributed by atoms with Crippen molar-refractivity contribution < 1.29 is 22.7 Å². The number of nitrogens with zero attached hydrogens (tertiary/aromatic N) is 2. The summed E-state index contributed by atoms with van der Waals surface area (Å²) in [5.41, 5.74) is 0. The molecule has 1 heterocycles. The normalized spacial score (nSPS) is 16.3. The molecule has 0 unspecified atom stereocenters. The van der Waals surface area contributed by atoms with E-state index >= 15 is 0 Å². The summed E-state index contributed by atoms with van der Waals surface area (Å²) in [4.78, 5) is 13.1. The van der Waals surface area contributed by atoms with Crippen LogP contribution in [-0.2, 0) is 19.6 Å². The van der Waals surface area contributed by atoms with Crippen LogP contribution in [0.1, 0.15) is 0 Å². The lowest BCUT2D eigenvalue weighted by Gasteiger charge is -2.26. The summed E-state index contributed by atoms with van der Waals surface area (Å²) >= 11 is 0. The van der Waals surface area contributed by atoms with Crippen LogP contribution >= 0.6 is 0 Å². The zero-order valence-electron chi connectivity index (χ0n) is 12.7. The van der Waals surface area contributed by atoms with Gasteiger partial charge in [-0.15, -0.1) is 0 Å². The number of hydrogen-bond acceptors (Lipinski definition) is 5. The first-order valence-corrected chi connectivity index (χ1v) is 8.36. The Balaban J connectivity index is 2.03. The summed E-state index contributed by atoms with van der Waals surface area (Å²) in [6, 6.07) is 6.08. The van der Waals surface area contributed by atoms with Crippen molar-refractivity contribution in [2.24, 2.45) is 0 Å². The zero-order chi connectivity index (χ0) is 16.2. The van der Waals surface area contributed by atoms with E-state index in [1.54, 1.807) is 26.2 Å². The quantitative estimate of drug-likeness (QED) is 0.770. The van der Waals surface area contributed by atoms with Crippen molar-refractivity contribution >= 4 is 15.9 Å². The van der Waals surface area contributed by atoms with Crippen LogP contribution in [0.25, 0.3) is 0 Å². The van der Waals surface area contributed by atoms with Gasteiger partial charge in [0.15, 0.2) is 6.61 Å². The molecule has 22 heavy (non-hydrogen) atoms. The number of hydrogen-bond donors (Lipinski definition) is 0. The minimum Gasteiger partial charge on any atom is -0.484 e. The molecule has 1 aromatic carbocycles. The summed E-state index contributed by atoms with van der Waals surface area (Å²) in [6.07, 6.45) is 0. The van der Waals surface area contributed by atoms with Crippen molar-refractivity contribution in [1.82, 2.24) is 9.21 Å². The molecular formula is C14H20N2O5S. The monoisotopic (exact) mass is 328 g/mol. The number of ether oxygens (including phenoxy) is 2. The molecule has 0 aromatic heterocycles. The Morgan fingerprint density at radius 1 is 1.23 bits per heavy atom. The topological polar surface area (TPSA) is 76.2 Å². The fraction of sp³-hybridized carbons (Fsp3) is 0.500. The molecule has 0 aliphatic carbocycles. The van der Waals surface area contributed by atoms with E-state index in [1.165, 1.54) is 21.3 Å². The van der Waals surface area contributed by atoms with Gasteiger partial charge in [-0.2, -0.15) is 4.31 Å². The van der Waals surface area contributed by atoms with Crippen LogP contribution in [0.5, 0.6) is 5.75 Å². The number of sulfonamides is 1. The van der Waals surface area contributed by atoms with Crippen molar-refractivity contribution in [2.75, 3.05) is 47.0 Å². The largest absolute Gasteiger partial charge is 0.484 e. The van der Waals surface area contributed by atoms with Crippen molar-refractivity contribution in [1.29, 1.82) is 0 Å². The summed E-state index contributed by atoms with van der Waals surface area (Å²) in [7, 11) is -0.216. The molecule has 7 nitrogen and oxygen atoms in total. The Morgan fingerprint density at radius 3 is 2.36 bits per heavy atom. The van der Waals surface area contributed by atoms with E-state index in [1.807, 2.05) is 0 Å². The van der Waals surface area contributed by atoms with E-state index in [-0.39, 0.29) is 17.4 Å². The molecule has 8 heteroatoms. The highest BCUT2D eigenvalue weighted by Crippen LogP contribution is 2.20. The number of benzene rings is 1. The van der Waals surface area contributed by atoms with E-state index in [9.17, 15) is 13.2 Å². The van der Waals surface area contributed by atoms with Crippen LogP contribution in [0.2, 0.25) is 0 Å². The molecule has 1 aliphatic rings. The summed E-state index contributed by atoms with van der Waals surface area (Å²) in [6.45, 7) is 1.46. The van der Waals surface area contributed by atoms with Crippen LogP contribution in [0, 0.1) is 0 Å². The third-order valence-corrected chi connectivity index (χ3v) is 5.21. The number of amides is 1. The highest BCUT2D eigenvalue weighted by molar-refractivity contribution is 7.89. The Bertz CT molecular complexity index is 607. The van der Waals surface area contributed by atoms with Gasteiger partial charge in [0.2, 0.25) is 10.0 Å². The van der Waals surface area contributed by atoms with Gasteiger partial charge in [0.05, 0.1) is 18.1 Å². The van der Waals surface area contributed by atoms with Gasteiger partial charge in [-0.05, 0) is 24.3 Å². The second-order valence-electron chi connectivity index (χ2n) is 5.06. The third kappa shape index (κ3) is 3.96. The lowest BCUT2D eigenvalue weighted by molar-refractivity contribution is -0.130. The molecule has 0 bridgehead atoms. The Labute approximate surface area is 130 Å². The molecule has 1 aromatic rings. The third-order valence-electron chi connectivity index (χ3n) is 3.29. The molecule has 1 aliphatic heterocycles. The van der Waals surface area contributed by atoms with E-state index < -0.39 is 10.0 Å². The molecule has 0 atom stereocenters. The first-order chi connectivity index (χ1) is 10.4. The number of morpholine rings is 1. The van der Waals surface area contributed by atoms with Gasteiger partial charge >= 0.3 is 0 Å². The predicted octanol–water partition coefficient (Wildman–Crippen LogP) is 0.175. The minimum absolute atomic E-state index is 0.0808. The van der Waals surface area contributed by atoms with Gasteiger partial charge in [0.25, 0.3) is 5.91 Å². The number of carbonyl (C=O) groups is 1. The second kappa shape index (κ2) is 7.08. The lowest BCUT2D eigenvalue weighted by atomic mass is 10.3. The second-order valence-corrected chi connectivity index (χ2v) is 7.00. The predicted molar refractivity (Wildman–Crippen MR) is 80.2 cm³/mol. The van der Waals surface area contributed by atoms with Gasteiger partial charge in [0, 0.05) is 27.2 Å². The molecule has 2 rings (SSSR count). The zero-order valence-corrected chi connectivity index (χ0v) is 13.5. The molecule has 0 radical (unpaired) electrons. The summed E-state index contributed by atoms with van der Waals surface area (Å²) in [5, 5.41) is 0. The smallest absolute Gasteiger partial charge is 0.259 e. The van der Waals surface area contributed by atoms with E-state index in [4.69, 9.17) is 9.47 Å². The Hall–Kier alpha value is -1.64. The van der Waals surface area contributed by atoms with Crippen molar-refractivity contribution in [2.45, 2.75) is 4.90 Å². The van der Waals surface area contributed by atoms with Crippen LogP contribution in [0.3, 0.4) is 0 Å². The SMILES string of the molecule is CN(C)C(=O)COc1ccc(S(=O)(=O)N2CCOCC2)cc1. The van der Waals surface area contributed by atoms with Gasteiger partial charge < -0.3 is 14.4 Å². The Kier molecular flexibility index (Phi) is 5.38. The number of rotatable bonds is 5. The average molecular weight is 328 g/mol. The van der Waals surface area contributed by atoms with Crippen molar-refractivity contribution in [3.8, 4) is 5.75 Å². The standard InChI is InChI=1S/C14H20N2O5S/c1-15(2)14(17)11-21-12-3-5-13(6-4-12)22(18,19)16-7-9-20-10-8-16/h3-6H,7-11H2,1-2H3. The minimum atomic E-state index is -3.50. The number of carbonyl (C=O) groups excluding carboxylic acids is 1. The van der Waals surface area contributed by atoms with Gasteiger partial charge in [-0.1, -0.05) is 0 Å². The van der Waals surface area contributed by atoms with E-state index in [2.05, 4.69) is 0 Å². The molecule has 0 N–H and O–H groups in total. The molecule has 1 saturated heterocycles. The van der Waals surface area contributed by atoms with E-state index in [0.717, 1.165) is 0 Å². The summed E-state index contributed by atoms with van der Waals surface area (Å²) < 4.78 is 36.7. The fourth-order valence-electron chi connectivity index (χ4n) is 1.92. The van der Waals surface area contributed by atoms with Crippen LogP contribution in [0.15, 0.2) is 29.2 Å². The molecule has 1 fully saturated rings. The molecule has 1 amide bonds. The van der Waals surface area contributed by atoms with Crippen LogP contribution < -0.4 is 4.74 Å². The first-order valence-electron chi connectivity index (χ1n) is 6.92. The van der Waals surface area contributed by atoms with Gasteiger partial charge in [-0.25, -0.2) is 8.42 Å². The maximum absolute atomic E-state index is 12.4. The highest BCUT2D eigenvalue weighted by Gasteiger charge is 2.26. The fourth-order valence-corrected chi connectivity index (χ4v) is 3.33. The molecular weight excluding hydrogens is 308 g/mol. The summed E-state index contributed by atoms with van der Waals surface area (Å²) in [5.74, 6) is 0.293. The molecule has 122 valence electrons.